The third kappa shape index (κ3) is 7.44. The summed E-state index contributed by atoms with van der Waals surface area (Å²) >= 11 is 1.58. The van der Waals surface area contributed by atoms with Crippen molar-refractivity contribution in [2.24, 2.45) is 5.92 Å². The Morgan fingerprint density at radius 1 is 1.10 bits per heavy atom. The molecule has 2 atom stereocenters. The molecule has 1 fully saturated rings. The van der Waals surface area contributed by atoms with Crippen LogP contribution in [0.2, 0.25) is 0 Å². The van der Waals surface area contributed by atoms with Crippen LogP contribution in [0.3, 0.4) is 0 Å². The van der Waals surface area contributed by atoms with Gasteiger partial charge < -0.3 is 10.6 Å². The first-order chi connectivity index (χ1) is 18.7. The van der Waals surface area contributed by atoms with Crippen LogP contribution in [-0.4, -0.2) is 49.7 Å². The number of hydrogen-bond donors (Lipinski definition) is 2. The van der Waals surface area contributed by atoms with Crippen molar-refractivity contribution < 1.29 is 18.0 Å². The Bertz CT molecular complexity index is 1430. The molecule has 4 rings (SSSR count). The van der Waals surface area contributed by atoms with E-state index >= 15 is 0 Å². The molecule has 39 heavy (non-hydrogen) atoms. The highest BCUT2D eigenvalue weighted by Crippen LogP contribution is 2.26. The lowest BCUT2D eigenvalue weighted by Crippen LogP contribution is -2.50. The molecule has 1 aliphatic heterocycles. The highest BCUT2D eigenvalue weighted by molar-refractivity contribution is 7.89. The van der Waals surface area contributed by atoms with E-state index in [-0.39, 0.29) is 41.6 Å². The van der Waals surface area contributed by atoms with Crippen LogP contribution >= 0.6 is 11.3 Å². The number of thiophene rings is 1. The van der Waals surface area contributed by atoms with E-state index < -0.39 is 16.1 Å². The van der Waals surface area contributed by atoms with Gasteiger partial charge in [0.2, 0.25) is 21.8 Å². The zero-order valence-electron chi connectivity index (χ0n) is 22.2. The number of amides is 2. The second-order valence-electron chi connectivity index (χ2n) is 10.4. The van der Waals surface area contributed by atoms with E-state index in [1.165, 1.54) is 28.6 Å². The van der Waals surface area contributed by atoms with E-state index in [9.17, 15) is 18.0 Å². The number of carbonyl (C=O) groups is 2. The van der Waals surface area contributed by atoms with Gasteiger partial charge in [-0.25, -0.2) is 8.42 Å². The van der Waals surface area contributed by atoms with Crippen molar-refractivity contribution >= 4 is 43.3 Å². The van der Waals surface area contributed by atoms with Gasteiger partial charge in [-0.1, -0.05) is 32.0 Å². The summed E-state index contributed by atoms with van der Waals surface area (Å²) in [6.45, 7) is 4.66. The van der Waals surface area contributed by atoms with Crippen molar-refractivity contribution in [1.29, 1.82) is 5.26 Å². The van der Waals surface area contributed by atoms with Gasteiger partial charge in [-0.3, -0.25) is 9.59 Å². The van der Waals surface area contributed by atoms with E-state index in [2.05, 4.69) is 10.6 Å². The summed E-state index contributed by atoms with van der Waals surface area (Å²) in [4.78, 5) is 27.3. The fourth-order valence-corrected chi connectivity index (χ4v) is 7.39. The molecule has 2 N–H and O–H groups in total. The first-order valence-electron chi connectivity index (χ1n) is 13.2. The normalized spacial score (nSPS) is 17.3. The summed E-state index contributed by atoms with van der Waals surface area (Å²) in [5.41, 5.74) is 0.402. The summed E-state index contributed by atoms with van der Waals surface area (Å²) in [6, 6.07) is 17.1. The number of carbonyl (C=O) groups excluding carboxylic acids is 2. The average Bonchev–Trinajstić information content (AvgIpc) is 3.16. The smallest absolute Gasteiger partial charge is 0.243 e. The topological polar surface area (TPSA) is 119 Å². The highest BCUT2D eigenvalue weighted by atomic mass is 32.2. The van der Waals surface area contributed by atoms with E-state index in [1.807, 2.05) is 50.2 Å². The summed E-state index contributed by atoms with van der Waals surface area (Å²) in [7, 11) is -3.69. The molecule has 2 heterocycles. The maximum atomic E-state index is 13.3. The van der Waals surface area contributed by atoms with Gasteiger partial charge >= 0.3 is 0 Å². The first-order valence-corrected chi connectivity index (χ1v) is 15.5. The molecule has 1 saturated heterocycles. The van der Waals surface area contributed by atoms with Crippen LogP contribution in [0.4, 0.5) is 0 Å². The molecular formula is C29H34N4O4S2. The van der Waals surface area contributed by atoms with Gasteiger partial charge in [-0.15, -0.1) is 11.3 Å². The highest BCUT2D eigenvalue weighted by Gasteiger charge is 2.30. The van der Waals surface area contributed by atoms with Gasteiger partial charge in [0, 0.05) is 28.7 Å². The van der Waals surface area contributed by atoms with Gasteiger partial charge in [0.15, 0.2) is 0 Å². The number of sulfonamides is 1. The fourth-order valence-electron chi connectivity index (χ4n) is 4.84. The van der Waals surface area contributed by atoms with Gasteiger partial charge in [0.1, 0.15) is 6.04 Å². The Kier molecular flexibility index (Phi) is 9.38. The SMILES string of the molecule is CC(C)C[C@H](NC(=O)Cc1cc2ccccc2s1)C(=O)N[C@@H]1CCCN(S(=O)(=O)c2ccc(C#N)cc2)CC1. The number of nitrogens with zero attached hydrogens (tertiary/aromatic N) is 2. The standard InChI is InChI=1S/C29H34N4O4S2/c1-20(2)16-26(32-28(34)18-24-17-22-6-3-4-8-27(22)38-24)29(35)31-23-7-5-14-33(15-13-23)39(36,37)25-11-9-21(19-30)10-12-25/h3-4,6,8-12,17,20,23,26H,5,7,13-16,18H2,1-2H3,(H,31,35)(H,32,34)/t23-,26+/m1/s1. The first kappa shape index (κ1) is 28.7. The van der Waals surface area contributed by atoms with Gasteiger partial charge in [0.05, 0.1) is 22.9 Å². The Labute approximate surface area is 234 Å². The van der Waals surface area contributed by atoms with Crippen molar-refractivity contribution in [3.63, 3.8) is 0 Å². The number of fused-ring (bicyclic) bond motifs is 1. The quantitative estimate of drug-likeness (QED) is 0.402. The Hall–Kier alpha value is -3.26. The van der Waals surface area contributed by atoms with Crippen LogP contribution in [0, 0.1) is 17.2 Å². The molecule has 3 aromatic rings. The minimum Gasteiger partial charge on any atom is -0.352 e. The second-order valence-corrected chi connectivity index (χ2v) is 13.5. The van der Waals surface area contributed by atoms with E-state index in [0.717, 1.165) is 15.0 Å². The molecule has 1 aliphatic rings. The third-order valence-electron chi connectivity index (χ3n) is 6.82. The maximum absolute atomic E-state index is 13.3. The Morgan fingerprint density at radius 3 is 2.54 bits per heavy atom. The predicted octanol–water partition coefficient (Wildman–Crippen LogP) is 4.21. The van der Waals surface area contributed by atoms with Crippen LogP contribution < -0.4 is 10.6 Å². The summed E-state index contributed by atoms with van der Waals surface area (Å²) in [6.07, 6.45) is 2.46. The largest absolute Gasteiger partial charge is 0.352 e. The lowest BCUT2D eigenvalue weighted by atomic mass is 10.0. The number of benzene rings is 2. The summed E-state index contributed by atoms with van der Waals surface area (Å²) in [5.74, 6) is -0.225. The molecule has 206 valence electrons. The molecule has 0 spiro atoms. The number of hydrogen-bond acceptors (Lipinski definition) is 6. The average molecular weight is 567 g/mol. The zero-order chi connectivity index (χ0) is 28.0. The van der Waals surface area contributed by atoms with Crippen molar-refractivity contribution in [3.05, 3.63) is 65.0 Å². The van der Waals surface area contributed by atoms with E-state index in [4.69, 9.17) is 5.26 Å². The minimum atomic E-state index is -3.69. The Morgan fingerprint density at radius 2 is 1.85 bits per heavy atom. The molecule has 8 nitrogen and oxygen atoms in total. The maximum Gasteiger partial charge on any atom is 0.243 e. The summed E-state index contributed by atoms with van der Waals surface area (Å²) in [5, 5.41) is 16.1. The van der Waals surface area contributed by atoms with Crippen molar-refractivity contribution in [2.75, 3.05) is 13.1 Å². The molecule has 10 heteroatoms. The molecule has 0 radical (unpaired) electrons. The van der Waals surface area contributed by atoms with Crippen LogP contribution in [0.5, 0.6) is 0 Å². The molecule has 0 saturated carbocycles. The van der Waals surface area contributed by atoms with Gasteiger partial charge in [-0.2, -0.15) is 9.57 Å². The van der Waals surface area contributed by atoms with Crippen LogP contribution in [0.25, 0.3) is 10.1 Å². The minimum absolute atomic E-state index is 0.155. The second kappa shape index (κ2) is 12.7. The third-order valence-corrected chi connectivity index (χ3v) is 9.85. The molecular weight excluding hydrogens is 532 g/mol. The number of nitrogens with one attached hydrogen (secondary N) is 2. The van der Waals surface area contributed by atoms with E-state index in [1.54, 1.807) is 11.3 Å². The Balaban J connectivity index is 1.35. The monoisotopic (exact) mass is 566 g/mol. The van der Waals surface area contributed by atoms with Crippen LogP contribution in [-0.2, 0) is 26.0 Å². The van der Waals surface area contributed by atoms with Crippen LogP contribution in [0.15, 0.2) is 59.5 Å². The fraction of sp³-hybridized carbons (Fsp3) is 0.414. The van der Waals surface area contributed by atoms with Crippen molar-refractivity contribution in [1.82, 2.24) is 14.9 Å². The molecule has 2 amide bonds. The molecule has 0 aliphatic carbocycles. The molecule has 1 aromatic heterocycles. The van der Waals surface area contributed by atoms with Crippen LogP contribution in [0.1, 0.15) is 50.0 Å². The summed E-state index contributed by atoms with van der Waals surface area (Å²) < 4.78 is 28.8. The lowest BCUT2D eigenvalue weighted by molar-refractivity contribution is -0.129. The predicted molar refractivity (Wildman–Crippen MR) is 153 cm³/mol. The van der Waals surface area contributed by atoms with Gasteiger partial charge in [0.25, 0.3) is 0 Å². The van der Waals surface area contributed by atoms with Gasteiger partial charge in [-0.05, 0) is 73.4 Å². The van der Waals surface area contributed by atoms with E-state index in [0.29, 0.717) is 37.8 Å². The molecule has 0 unspecified atom stereocenters. The molecule has 2 aromatic carbocycles. The molecule has 0 bridgehead atoms. The zero-order valence-corrected chi connectivity index (χ0v) is 23.9. The lowest BCUT2D eigenvalue weighted by Gasteiger charge is -2.24. The van der Waals surface area contributed by atoms with Crippen molar-refractivity contribution in [2.45, 2.75) is 62.9 Å². The van der Waals surface area contributed by atoms with Crippen molar-refractivity contribution in [3.8, 4) is 6.07 Å². The number of rotatable bonds is 9. The number of nitriles is 1.